The number of hydrogen-bond acceptors (Lipinski definition) is 6. The predicted octanol–water partition coefficient (Wildman–Crippen LogP) is 6.43. The molecule has 0 unspecified atom stereocenters. The van der Waals surface area contributed by atoms with Crippen molar-refractivity contribution in [2.24, 2.45) is 0 Å². The van der Waals surface area contributed by atoms with Gasteiger partial charge in [-0.15, -0.1) is 0 Å². The summed E-state index contributed by atoms with van der Waals surface area (Å²) in [5.74, 6) is 1.70. The van der Waals surface area contributed by atoms with Crippen molar-refractivity contribution < 1.29 is 33.9 Å². The first-order valence-electron chi connectivity index (χ1n) is 13.7. The van der Waals surface area contributed by atoms with Gasteiger partial charge in [0.1, 0.15) is 25.6 Å². The molecule has 0 fully saturated rings. The van der Waals surface area contributed by atoms with Crippen LogP contribution in [0.4, 0.5) is 4.39 Å². The van der Waals surface area contributed by atoms with Crippen LogP contribution < -0.4 is 4.74 Å². The maximum absolute atomic E-state index is 12.5. The normalized spacial score (nSPS) is 13.1. The third-order valence-electron chi connectivity index (χ3n) is 6.25. The Morgan fingerprint density at radius 2 is 1.66 bits per heavy atom. The Labute approximate surface area is 227 Å². The molecule has 1 aliphatic rings. The Balaban J connectivity index is 1.99. The van der Waals surface area contributed by atoms with E-state index in [0.29, 0.717) is 38.9 Å². The summed E-state index contributed by atoms with van der Waals surface area (Å²) in [5.41, 5.74) is 5.23. The van der Waals surface area contributed by atoms with Gasteiger partial charge >= 0.3 is 0 Å². The van der Waals surface area contributed by atoms with E-state index in [1.165, 1.54) is 5.56 Å². The molecule has 6 nitrogen and oxygen atoms in total. The largest absolute Gasteiger partial charge is 0.495 e. The molecule has 7 heteroatoms. The van der Waals surface area contributed by atoms with Crippen LogP contribution in [0.15, 0.2) is 60.4 Å². The first kappa shape index (κ1) is 31.8. The van der Waals surface area contributed by atoms with Gasteiger partial charge in [-0.1, -0.05) is 43.7 Å². The van der Waals surface area contributed by atoms with Crippen LogP contribution >= 0.6 is 0 Å². The van der Waals surface area contributed by atoms with E-state index in [1.54, 1.807) is 0 Å². The molecule has 0 heterocycles. The van der Waals surface area contributed by atoms with Gasteiger partial charge in [-0.3, -0.25) is 4.39 Å². The molecule has 1 aliphatic carbocycles. The fraction of sp³-hybridized carbons (Fsp3) is 0.548. The summed E-state index contributed by atoms with van der Waals surface area (Å²) in [6.07, 6.45) is 12.3. The van der Waals surface area contributed by atoms with Crippen molar-refractivity contribution in [2.45, 2.75) is 64.2 Å². The van der Waals surface area contributed by atoms with Gasteiger partial charge in [-0.25, -0.2) is 9.78 Å². The molecule has 1 aromatic carbocycles. The smallest absolute Gasteiger partial charge is 0.119 e. The maximum atomic E-state index is 12.5. The number of hydrogen-bond donors (Lipinski definition) is 2. The molecular weight excluding hydrogens is 487 g/mol. The maximum Gasteiger partial charge on any atom is 0.119 e. The number of ether oxygens (including phenoxy) is 2. The lowest BCUT2D eigenvalue weighted by molar-refractivity contribution is -0.292. The van der Waals surface area contributed by atoms with Crippen molar-refractivity contribution in [3.8, 4) is 5.75 Å². The first-order chi connectivity index (χ1) is 18.6. The van der Waals surface area contributed by atoms with Crippen molar-refractivity contribution in [2.75, 3.05) is 46.3 Å². The van der Waals surface area contributed by atoms with Crippen molar-refractivity contribution >= 4 is 5.57 Å². The van der Waals surface area contributed by atoms with Gasteiger partial charge in [0.15, 0.2) is 0 Å². The average Bonchev–Trinajstić information content (AvgIpc) is 2.91. The van der Waals surface area contributed by atoms with Crippen LogP contribution in [0.3, 0.4) is 0 Å². The van der Waals surface area contributed by atoms with E-state index in [2.05, 4.69) is 37.4 Å². The second-order valence-corrected chi connectivity index (χ2v) is 9.46. The molecule has 1 aromatic rings. The summed E-state index contributed by atoms with van der Waals surface area (Å²) in [6.45, 7) is 9.10. The highest BCUT2D eigenvalue weighted by Gasteiger charge is 2.14. The van der Waals surface area contributed by atoms with E-state index in [1.807, 2.05) is 6.07 Å². The number of aliphatic hydroxyl groups excluding tert-OH is 2. The Hall–Kier alpha value is -2.45. The molecule has 0 aromatic heterocycles. The quantitative estimate of drug-likeness (QED) is 0.0776. The number of unbranched alkanes of at least 4 members (excludes halogenated alkanes) is 3. The van der Waals surface area contributed by atoms with Crippen LogP contribution in [-0.2, 0) is 20.9 Å². The van der Waals surface area contributed by atoms with Gasteiger partial charge in [-0.05, 0) is 79.0 Å². The molecule has 0 atom stereocenters. The zero-order chi connectivity index (χ0) is 27.4. The lowest BCUT2D eigenvalue weighted by Gasteiger charge is -2.19. The second kappa shape index (κ2) is 19.6. The van der Waals surface area contributed by atoms with Gasteiger partial charge in [0.2, 0.25) is 0 Å². The third kappa shape index (κ3) is 12.9. The van der Waals surface area contributed by atoms with Crippen molar-refractivity contribution in [1.82, 2.24) is 0 Å². The van der Waals surface area contributed by atoms with E-state index >= 15 is 0 Å². The van der Waals surface area contributed by atoms with Gasteiger partial charge in [0, 0.05) is 26.1 Å². The van der Waals surface area contributed by atoms with Crippen LogP contribution in [0, 0.1) is 0 Å². The van der Waals surface area contributed by atoms with Crippen LogP contribution in [0.25, 0.3) is 5.57 Å². The molecule has 0 aliphatic heterocycles. The monoisotopic (exact) mass is 532 g/mol. The third-order valence-corrected chi connectivity index (χ3v) is 6.25. The van der Waals surface area contributed by atoms with E-state index in [9.17, 15) is 4.39 Å². The van der Waals surface area contributed by atoms with Gasteiger partial charge < -0.3 is 19.7 Å². The minimum absolute atomic E-state index is 0.0472. The Morgan fingerprint density at radius 3 is 2.45 bits per heavy atom. The highest BCUT2D eigenvalue weighted by Crippen LogP contribution is 2.32. The number of benzene rings is 1. The number of halogens is 1. The van der Waals surface area contributed by atoms with Crippen molar-refractivity contribution in [1.29, 1.82) is 0 Å². The second-order valence-electron chi connectivity index (χ2n) is 9.46. The number of rotatable bonds is 22. The topological polar surface area (TPSA) is 77.4 Å². The summed E-state index contributed by atoms with van der Waals surface area (Å²) in [5, 5.41) is 18.0. The van der Waals surface area contributed by atoms with E-state index in [4.69, 9.17) is 29.5 Å². The van der Waals surface area contributed by atoms with E-state index < -0.39 is 0 Å². The number of allylic oxidation sites excluding steroid dienone is 4. The summed E-state index contributed by atoms with van der Waals surface area (Å²) in [6, 6.07) is 6.22. The van der Waals surface area contributed by atoms with Crippen LogP contribution in [0.1, 0.15) is 68.9 Å². The summed E-state index contributed by atoms with van der Waals surface area (Å²) >= 11 is 0. The van der Waals surface area contributed by atoms with E-state index in [-0.39, 0.29) is 33.1 Å². The lowest BCUT2D eigenvalue weighted by atomic mass is 9.92. The van der Waals surface area contributed by atoms with Crippen LogP contribution in [-0.4, -0.2) is 56.5 Å². The van der Waals surface area contributed by atoms with Gasteiger partial charge in [-0.2, -0.15) is 0 Å². The molecule has 0 saturated carbocycles. The fourth-order valence-electron chi connectivity index (χ4n) is 4.09. The SMILES string of the molecule is C=C(CCO)CCOc1ccc(CCCCCCF)c(C2=CCCC(OCCOOCC(=C)CCO)=C2)c1. The molecule has 0 radical (unpaired) electrons. The zero-order valence-corrected chi connectivity index (χ0v) is 22.7. The zero-order valence-electron chi connectivity index (χ0n) is 22.7. The average molecular weight is 533 g/mol. The molecular formula is C31H45FO6. The van der Waals surface area contributed by atoms with Crippen LogP contribution in [0.2, 0.25) is 0 Å². The number of alkyl halides is 1. The minimum Gasteiger partial charge on any atom is -0.495 e. The molecule has 2 N–H and O–H groups in total. The Morgan fingerprint density at radius 1 is 0.868 bits per heavy atom. The molecule has 0 amide bonds. The molecule has 0 saturated heterocycles. The summed E-state index contributed by atoms with van der Waals surface area (Å²) in [7, 11) is 0. The standard InChI is InChI=1S/C31H45FO6/c1-25(13-17-33)15-19-35-30-12-11-27(8-5-3-4-6-16-32)31(23-30)28-9-7-10-29(22-28)36-20-21-37-38-24-26(2)14-18-34/h9,11-12,22-23,33-34H,1-8,10,13-21,24H2. The highest BCUT2D eigenvalue weighted by atomic mass is 19.1. The van der Waals surface area contributed by atoms with Crippen molar-refractivity contribution in [3.63, 3.8) is 0 Å². The first-order valence-corrected chi connectivity index (χ1v) is 13.7. The minimum atomic E-state index is -0.251. The number of aliphatic hydroxyl groups is 2. The highest BCUT2D eigenvalue weighted by molar-refractivity contribution is 5.78. The number of aryl methyl sites for hydroxylation is 1. The fourth-order valence-corrected chi connectivity index (χ4v) is 4.09. The summed E-state index contributed by atoms with van der Waals surface area (Å²) in [4.78, 5) is 10.3. The van der Waals surface area contributed by atoms with E-state index in [0.717, 1.165) is 72.3 Å². The Kier molecular flexibility index (Phi) is 16.4. The summed E-state index contributed by atoms with van der Waals surface area (Å²) < 4.78 is 24.4. The Bertz CT molecular complexity index is 908. The van der Waals surface area contributed by atoms with Gasteiger partial charge in [0.05, 0.1) is 19.0 Å². The van der Waals surface area contributed by atoms with Crippen molar-refractivity contribution in [3.05, 3.63) is 71.5 Å². The molecule has 0 spiro atoms. The molecule has 2 rings (SSSR count). The molecule has 0 bridgehead atoms. The lowest BCUT2D eigenvalue weighted by Crippen LogP contribution is -2.08. The predicted molar refractivity (Wildman–Crippen MR) is 150 cm³/mol. The van der Waals surface area contributed by atoms with Gasteiger partial charge in [0.25, 0.3) is 0 Å². The van der Waals surface area contributed by atoms with Crippen LogP contribution in [0.5, 0.6) is 5.75 Å². The molecule has 212 valence electrons. The molecule has 38 heavy (non-hydrogen) atoms.